The topological polar surface area (TPSA) is 85.9 Å². The molecule has 0 bridgehead atoms. The molecule has 0 saturated carbocycles. The summed E-state index contributed by atoms with van der Waals surface area (Å²) < 4.78 is 5.29. The van der Waals surface area contributed by atoms with Crippen molar-refractivity contribution in [3.05, 3.63) is 64.2 Å². The second-order valence-electron chi connectivity index (χ2n) is 6.39. The van der Waals surface area contributed by atoms with E-state index < -0.39 is 4.92 Å². The number of rotatable bonds is 7. The van der Waals surface area contributed by atoms with E-state index in [0.29, 0.717) is 5.69 Å². The normalized spacial score (nSPS) is 14.2. The summed E-state index contributed by atoms with van der Waals surface area (Å²) in [5.74, 6) is -0.280. The number of carbonyl (C=O) groups is 1. The van der Waals surface area contributed by atoms with Crippen molar-refractivity contribution in [2.75, 3.05) is 25.0 Å². The third kappa shape index (κ3) is 4.80. The van der Waals surface area contributed by atoms with Gasteiger partial charge in [-0.15, -0.1) is 0 Å². The van der Waals surface area contributed by atoms with Gasteiger partial charge in [-0.1, -0.05) is 24.3 Å². The van der Waals surface area contributed by atoms with Gasteiger partial charge in [-0.2, -0.15) is 0 Å². The van der Waals surface area contributed by atoms with Crippen molar-refractivity contribution in [2.45, 2.75) is 19.4 Å². The molecular formula is C19H22N3O4+. The number of nitrogens with one attached hydrogen (secondary N) is 2. The number of benzene rings is 2. The Balaban J connectivity index is 1.51. The number of nitro groups is 1. The summed E-state index contributed by atoms with van der Waals surface area (Å²) in [6, 6.07) is 13.8. The van der Waals surface area contributed by atoms with E-state index in [1.54, 1.807) is 17.0 Å². The standard InChI is InChI=1S/C19H21N3O4/c23-19(14-26-18-6-2-1-5-17(18)22(24)25)20-16-9-7-15(8-10-16)13-21-11-3-4-12-21/h1-2,5-10H,3-4,11-14H2,(H,20,23)/p+1. The maximum Gasteiger partial charge on any atom is 0.310 e. The van der Waals surface area contributed by atoms with Gasteiger partial charge in [-0.3, -0.25) is 14.9 Å². The Kier molecular flexibility index (Phi) is 5.80. The maximum atomic E-state index is 12.0. The van der Waals surface area contributed by atoms with Crippen LogP contribution in [0.25, 0.3) is 0 Å². The third-order valence-electron chi connectivity index (χ3n) is 4.42. The first-order chi connectivity index (χ1) is 12.6. The van der Waals surface area contributed by atoms with Crippen molar-refractivity contribution < 1.29 is 19.4 Å². The van der Waals surface area contributed by atoms with Crippen LogP contribution in [0.15, 0.2) is 48.5 Å². The molecule has 1 aliphatic heterocycles. The number of carbonyl (C=O) groups excluding carboxylic acids is 1. The number of quaternary nitrogens is 1. The number of ether oxygens (including phenoxy) is 1. The lowest BCUT2D eigenvalue weighted by atomic mass is 10.2. The van der Waals surface area contributed by atoms with Crippen molar-refractivity contribution in [2.24, 2.45) is 0 Å². The van der Waals surface area contributed by atoms with Crippen molar-refractivity contribution in [3.8, 4) is 5.75 Å². The highest BCUT2D eigenvalue weighted by Crippen LogP contribution is 2.25. The minimum atomic E-state index is -0.533. The van der Waals surface area contributed by atoms with Crippen LogP contribution < -0.4 is 15.0 Å². The molecule has 26 heavy (non-hydrogen) atoms. The number of likely N-dealkylation sites (tertiary alicyclic amines) is 1. The van der Waals surface area contributed by atoms with Gasteiger partial charge >= 0.3 is 5.69 Å². The molecule has 3 rings (SSSR count). The smallest absolute Gasteiger partial charge is 0.310 e. The van der Waals surface area contributed by atoms with E-state index >= 15 is 0 Å². The molecule has 0 unspecified atom stereocenters. The zero-order chi connectivity index (χ0) is 18.4. The quantitative estimate of drug-likeness (QED) is 0.585. The lowest BCUT2D eigenvalue weighted by Crippen LogP contribution is -3.08. The summed E-state index contributed by atoms with van der Waals surface area (Å²) in [6.07, 6.45) is 2.59. The largest absolute Gasteiger partial charge is 0.477 e. The van der Waals surface area contributed by atoms with E-state index in [4.69, 9.17) is 4.74 Å². The Morgan fingerprint density at radius 2 is 1.81 bits per heavy atom. The van der Waals surface area contributed by atoms with Crippen LogP contribution in [0.4, 0.5) is 11.4 Å². The van der Waals surface area contributed by atoms with Crippen LogP contribution in [-0.4, -0.2) is 30.5 Å². The Bertz CT molecular complexity index is 771. The first kappa shape index (κ1) is 17.9. The Morgan fingerprint density at radius 1 is 1.12 bits per heavy atom. The number of nitro benzene ring substituents is 1. The van der Waals surface area contributed by atoms with Gasteiger partial charge in [-0.05, 0) is 18.2 Å². The maximum absolute atomic E-state index is 12.0. The van der Waals surface area contributed by atoms with E-state index in [1.165, 1.54) is 43.6 Å². The molecule has 0 aromatic heterocycles. The Labute approximate surface area is 151 Å². The minimum Gasteiger partial charge on any atom is -0.477 e. The lowest BCUT2D eigenvalue weighted by Gasteiger charge is -2.12. The monoisotopic (exact) mass is 356 g/mol. The first-order valence-electron chi connectivity index (χ1n) is 8.70. The molecule has 0 aliphatic carbocycles. The van der Waals surface area contributed by atoms with Crippen LogP contribution in [0.2, 0.25) is 0 Å². The zero-order valence-corrected chi connectivity index (χ0v) is 14.4. The fraction of sp³-hybridized carbons (Fsp3) is 0.316. The Morgan fingerprint density at radius 3 is 2.50 bits per heavy atom. The van der Waals surface area contributed by atoms with E-state index in [-0.39, 0.29) is 24.0 Å². The van der Waals surface area contributed by atoms with Crippen molar-refractivity contribution in [1.29, 1.82) is 0 Å². The first-order valence-corrected chi connectivity index (χ1v) is 8.70. The van der Waals surface area contributed by atoms with E-state index in [2.05, 4.69) is 5.32 Å². The van der Waals surface area contributed by atoms with Crippen LogP contribution in [0, 0.1) is 10.1 Å². The number of hydrogen-bond donors (Lipinski definition) is 2. The van der Waals surface area contributed by atoms with Gasteiger partial charge in [0.1, 0.15) is 6.54 Å². The van der Waals surface area contributed by atoms with Gasteiger partial charge in [-0.25, -0.2) is 0 Å². The molecule has 2 N–H and O–H groups in total. The molecule has 136 valence electrons. The second kappa shape index (κ2) is 8.44. The summed E-state index contributed by atoms with van der Waals surface area (Å²) in [7, 11) is 0. The van der Waals surface area contributed by atoms with Crippen LogP contribution in [0.5, 0.6) is 5.75 Å². The fourth-order valence-corrected chi connectivity index (χ4v) is 3.12. The van der Waals surface area contributed by atoms with Crippen molar-refractivity contribution in [1.82, 2.24) is 0 Å². The molecular weight excluding hydrogens is 334 g/mol. The summed E-state index contributed by atoms with van der Waals surface area (Å²) >= 11 is 0. The minimum absolute atomic E-state index is 0.0802. The highest BCUT2D eigenvalue weighted by Gasteiger charge is 2.16. The zero-order valence-electron chi connectivity index (χ0n) is 14.4. The lowest BCUT2D eigenvalue weighted by molar-refractivity contribution is -0.901. The summed E-state index contributed by atoms with van der Waals surface area (Å²) in [5, 5.41) is 13.7. The summed E-state index contributed by atoms with van der Waals surface area (Å²) in [5.41, 5.74) is 1.77. The number of anilines is 1. The predicted octanol–water partition coefficient (Wildman–Crippen LogP) is 1.79. The van der Waals surface area contributed by atoms with Crippen LogP contribution >= 0.6 is 0 Å². The number of para-hydroxylation sites is 2. The molecule has 1 amide bonds. The van der Waals surface area contributed by atoms with E-state index in [0.717, 1.165) is 6.54 Å². The van der Waals surface area contributed by atoms with Crippen molar-refractivity contribution >= 4 is 17.3 Å². The molecule has 7 heteroatoms. The average molecular weight is 356 g/mol. The molecule has 1 saturated heterocycles. The molecule has 1 heterocycles. The van der Waals surface area contributed by atoms with Gasteiger partial charge in [0.15, 0.2) is 12.4 Å². The Hall–Kier alpha value is -2.93. The fourth-order valence-electron chi connectivity index (χ4n) is 3.12. The van der Waals surface area contributed by atoms with Gasteiger partial charge in [0.25, 0.3) is 5.91 Å². The van der Waals surface area contributed by atoms with Gasteiger partial charge in [0.05, 0.1) is 18.0 Å². The molecule has 0 spiro atoms. The van der Waals surface area contributed by atoms with Gasteiger partial charge in [0.2, 0.25) is 0 Å². The van der Waals surface area contributed by atoms with Crippen LogP contribution in [-0.2, 0) is 11.3 Å². The highest BCUT2D eigenvalue weighted by molar-refractivity contribution is 5.91. The van der Waals surface area contributed by atoms with E-state index in [1.807, 2.05) is 24.3 Å². The molecule has 1 fully saturated rings. The van der Waals surface area contributed by atoms with E-state index in [9.17, 15) is 14.9 Å². The molecule has 7 nitrogen and oxygen atoms in total. The molecule has 0 atom stereocenters. The highest BCUT2D eigenvalue weighted by atomic mass is 16.6. The summed E-state index contributed by atoms with van der Waals surface area (Å²) in [6.45, 7) is 3.17. The molecule has 2 aromatic carbocycles. The number of amides is 1. The third-order valence-corrected chi connectivity index (χ3v) is 4.42. The SMILES string of the molecule is O=C(COc1ccccc1[N+](=O)[O-])Nc1ccc(C[NH+]2CCCC2)cc1. The molecule has 0 radical (unpaired) electrons. The molecule has 1 aliphatic rings. The van der Waals surface area contributed by atoms with Crippen LogP contribution in [0.3, 0.4) is 0 Å². The number of nitrogens with zero attached hydrogens (tertiary/aromatic N) is 1. The predicted molar refractivity (Wildman–Crippen MR) is 97.3 cm³/mol. The van der Waals surface area contributed by atoms with Crippen LogP contribution in [0.1, 0.15) is 18.4 Å². The second-order valence-corrected chi connectivity index (χ2v) is 6.39. The van der Waals surface area contributed by atoms with Crippen molar-refractivity contribution in [3.63, 3.8) is 0 Å². The molecule has 2 aromatic rings. The summed E-state index contributed by atoms with van der Waals surface area (Å²) in [4.78, 5) is 24.0. The van der Waals surface area contributed by atoms with Gasteiger partial charge in [0, 0.05) is 30.2 Å². The van der Waals surface area contributed by atoms with Gasteiger partial charge < -0.3 is 15.0 Å². The average Bonchev–Trinajstić information content (AvgIpc) is 3.15. The number of hydrogen-bond acceptors (Lipinski definition) is 4.